The topological polar surface area (TPSA) is 15.3 Å². The molecule has 0 aromatic carbocycles. The third kappa shape index (κ3) is 2.18. The fourth-order valence-electron chi connectivity index (χ4n) is 2.74. The lowest BCUT2D eigenvalue weighted by molar-refractivity contribution is 0.226. The van der Waals surface area contributed by atoms with E-state index in [0.717, 1.165) is 12.1 Å². The predicted molar refractivity (Wildman–Crippen MR) is 60.4 cm³/mol. The molecule has 14 heavy (non-hydrogen) atoms. The normalized spacial score (nSPS) is 33.8. The minimum Gasteiger partial charge on any atom is -0.315 e. The summed E-state index contributed by atoms with van der Waals surface area (Å²) in [6.45, 7) is 5.80. The van der Waals surface area contributed by atoms with Crippen molar-refractivity contribution >= 4 is 0 Å². The van der Waals surface area contributed by atoms with E-state index in [-0.39, 0.29) is 0 Å². The van der Waals surface area contributed by atoms with Gasteiger partial charge in [-0.05, 0) is 32.2 Å². The fourth-order valence-corrected chi connectivity index (χ4v) is 2.74. The van der Waals surface area contributed by atoms with Crippen LogP contribution in [0, 0.1) is 0 Å². The number of nitrogens with one attached hydrogen (secondary N) is 1. The molecule has 0 aromatic heterocycles. The SMILES string of the molecule is CC/C=C/CN1C2CCNCC1CC2. The Morgan fingerprint density at radius 1 is 1.21 bits per heavy atom. The Balaban J connectivity index is 1.92. The molecular formula is C12H22N2. The smallest absolute Gasteiger partial charge is 0.0227 e. The third-order valence-corrected chi connectivity index (χ3v) is 3.52. The number of rotatable bonds is 3. The highest BCUT2D eigenvalue weighted by atomic mass is 15.2. The van der Waals surface area contributed by atoms with Crippen LogP contribution < -0.4 is 5.32 Å². The minimum atomic E-state index is 0.809. The quantitative estimate of drug-likeness (QED) is 0.689. The van der Waals surface area contributed by atoms with Crippen LogP contribution in [0.4, 0.5) is 0 Å². The van der Waals surface area contributed by atoms with Gasteiger partial charge in [-0.3, -0.25) is 4.90 Å². The molecule has 2 heterocycles. The van der Waals surface area contributed by atoms with E-state index in [1.165, 1.54) is 45.3 Å². The molecular weight excluding hydrogens is 172 g/mol. The first-order valence-corrected chi connectivity index (χ1v) is 6.03. The molecule has 1 N–H and O–H groups in total. The maximum Gasteiger partial charge on any atom is 0.0227 e. The Labute approximate surface area is 87.4 Å². The van der Waals surface area contributed by atoms with Gasteiger partial charge in [0.25, 0.3) is 0 Å². The van der Waals surface area contributed by atoms with Crippen LogP contribution in [0.25, 0.3) is 0 Å². The monoisotopic (exact) mass is 194 g/mol. The van der Waals surface area contributed by atoms with Gasteiger partial charge >= 0.3 is 0 Å². The van der Waals surface area contributed by atoms with Crippen molar-refractivity contribution in [3.05, 3.63) is 12.2 Å². The highest BCUT2D eigenvalue weighted by Crippen LogP contribution is 2.27. The Morgan fingerprint density at radius 2 is 2.07 bits per heavy atom. The second-order valence-electron chi connectivity index (χ2n) is 4.45. The van der Waals surface area contributed by atoms with Gasteiger partial charge in [-0.2, -0.15) is 0 Å². The van der Waals surface area contributed by atoms with Crippen molar-refractivity contribution in [1.82, 2.24) is 10.2 Å². The van der Waals surface area contributed by atoms with E-state index in [1.807, 2.05) is 0 Å². The lowest BCUT2D eigenvalue weighted by atomic mass is 10.1. The van der Waals surface area contributed by atoms with Crippen LogP contribution in [0.15, 0.2) is 12.2 Å². The largest absolute Gasteiger partial charge is 0.315 e. The van der Waals surface area contributed by atoms with Crippen molar-refractivity contribution in [3.63, 3.8) is 0 Å². The van der Waals surface area contributed by atoms with Crippen molar-refractivity contribution in [2.24, 2.45) is 0 Å². The van der Waals surface area contributed by atoms with Crippen molar-refractivity contribution < 1.29 is 0 Å². The first kappa shape index (κ1) is 10.2. The number of nitrogens with zero attached hydrogens (tertiary/aromatic N) is 1. The first-order valence-electron chi connectivity index (χ1n) is 6.03. The summed E-state index contributed by atoms with van der Waals surface area (Å²) < 4.78 is 0. The summed E-state index contributed by atoms with van der Waals surface area (Å²) >= 11 is 0. The van der Waals surface area contributed by atoms with Gasteiger partial charge in [0.2, 0.25) is 0 Å². The van der Waals surface area contributed by atoms with E-state index >= 15 is 0 Å². The summed E-state index contributed by atoms with van der Waals surface area (Å²) in [5.74, 6) is 0. The van der Waals surface area contributed by atoms with E-state index < -0.39 is 0 Å². The maximum atomic E-state index is 3.53. The highest BCUT2D eigenvalue weighted by Gasteiger charge is 2.33. The summed E-state index contributed by atoms with van der Waals surface area (Å²) in [6.07, 6.45) is 9.97. The van der Waals surface area contributed by atoms with Gasteiger partial charge in [0, 0.05) is 25.2 Å². The van der Waals surface area contributed by atoms with E-state index in [1.54, 1.807) is 0 Å². The molecule has 0 saturated carbocycles. The Hall–Kier alpha value is -0.340. The number of hydrogen-bond donors (Lipinski definition) is 1. The zero-order valence-electron chi connectivity index (χ0n) is 9.21. The molecule has 0 amide bonds. The molecule has 2 atom stereocenters. The van der Waals surface area contributed by atoms with Crippen LogP contribution in [0.2, 0.25) is 0 Å². The summed E-state index contributed by atoms with van der Waals surface area (Å²) in [7, 11) is 0. The van der Waals surface area contributed by atoms with Gasteiger partial charge in [-0.15, -0.1) is 0 Å². The molecule has 0 aliphatic carbocycles. The second-order valence-corrected chi connectivity index (χ2v) is 4.45. The zero-order valence-corrected chi connectivity index (χ0v) is 9.21. The minimum absolute atomic E-state index is 0.809. The first-order chi connectivity index (χ1) is 6.92. The van der Waals surface area contributed by atoms with Crippen molar-refractivity contribution in [2.45, 2.75) is 44.7 Å². The van der Waals surface area contributed by atoms with Gasteiger partial charge in [0.05, 0.1) is 0 Å². The van der Waals surface area contributed by atoms with Crippen molar-refractivity contribution in [1.29, 1.82) is 0 Å². The molecule has 2 rings (SSSR count). The fraction of sp³-hybridized carbons (Fsp3) is 0.833. The van der Waals surface area contributed by atoms with Gasteiger partial charge in [-0.25, -0.2) is 0 Å². The van der Waals surface area contributed by atoms with Crippen LogP contribution >= 0.6 is 0 Å². The average Bonchev–Trinajstić information content (AvgIpc) is 2.41. The van der Waals surface area contributed by atoms with Crippen molar-refractivity contribution in [2.75, 3.05) is 19.6 Å². The van der Waals surface area contributed by atoms with Crippen LogP contribution in [-0.4, -0.2) is 36.6 Å². The summed E-state index contributed by atoms with van der Waals surface area (Å²) in [4.78, 5) is 2.70. The molecule has 2 fully saturated rings. The van der Waals surface area contributed by atoms with Gasteiger partial charge in [-0.1, -0.05) is 19.1 Å². The molecule has 2 nitrogen and oxygen atoms in total. The van der Waals surface area contributed by atoms with Crippen LogP contribution in [0.3, 0.4) is 0 Å². The molecule has 2 bridgehead atoms. The molecule has 2 aliphatic heterocycles. The number of fused-ring (bicyclic) bond motifs is 2. The van der Waals surface area contributed by atoms with Gasteiger partial charge in [0.1, 0.15) is 0 Å². The second kappa shape index (κ2) is 4.94. The Kier molecular flexibility index (Phi) is 3.60. The third-order valence-electron chi connectivity index (χ3n) is 3.52. The Bertz CT molecular complexity index is 186. The van der Waals surface area contributed by atoms with Gasteiger partial charge < -0.3 is 5.32 Å². The highest BCUT2D eigenvalue weighted by molar-refractivity contribution is 4.96. The molecule has 80 valence electrons. The van der Waals surface area contributed by atoms with Crippen molar-refractivity contribution in [3.8, 4) is 0 Å². The maximum absolute atomic E-state index is 3.53. The van der Waals surface area contributed by atoms with E-state index in [9.17, 15) is 0 Å². The summed E-state index contributed by atoms with van der Waals surface area (Å²) in [5.41, 5.74) is 0. The lowest BCUT2D eigenvalue weighted by Gasteiger charge is -2.25. The van der Waals surface area contributed by atoms with Gasteiger partial charge in [0.15, 0.2) is 0 Å². The molecule has 2 aliphatic rings. The number of allylic oxidation sites excluding steroid dienone is 1. The predicted octanol–water partition coefficient (Wildman–Crippen LogP) is 1.78. The van der Waals surface area contributed by atoms with E-state index in [0.29, 0.717) is 0 Å². The van der Waals surface area contributed by atoms with E-state index in [4.69, 9.17) is 0 Å². The zero-order chi connectivity index (χ0) is 9.80. The Morgan fingerprint density at radius 3 is 2.93 bits per heavy atom. The summed E-state index contributed by atoms with van der Waals surface area (Å²) in [5, 5.41) is 3.53. The standard InChI is InChI=1S/C12H22N2/c1-2-3-4-9-14-11-5-6-12(14)10-13-8-7-11/h3-4,11-13H,2,5-10H2,1H3/b4-3+. The summed E-state index contributed by atoms with van der Waals surface area (Å²) in [6, 6.07) is 1.67. The van der Waals surface area contributed by atoms with Crippen LogP contribution in [-0.2, 0) is 0 Å². The molecule has 2 saturated heterocycles. The number of hydrogen-bond acceptors (Lipinski definition) is 2. The van der Waals surface area contributed by atoms with Crippen LogP contribution in [0.1, 0.15) is 32.6 Å². The molecule has 0 radical (unpaired) electrons. The molecule has 2 unspecified atom stereocenters. The molecule has 0 spiro atoms. The van der Waals surface area contributed by atoms with E-state index in [2.05, 4.69) is 29.3 Å². The molecule has 0 aromatic rings. The molecule has 2 heteroatoms. The van der Waals surface area contributed by atoms with Crippen LogP contribution in [0.5, 0.6) is 0 Å². The lowest BCUT2D eigenvalue weighted by Crippen LogP contribution is -2.37. The average molecular weight is 194 g/mol.